The predicted octanol–water partition coefficient (Wildman–Crippen LogP) is 2.22. The van der Waals surface area contributed by atoms with Crippen LogP contribution in [0.4, 0.5) is 17.6 Å². The molecule has 1 aromatic carbocycles. The van der Waals surface area contributed by atoms with Crippen LogP contribution in [0.15, 0.2) is 29.4 Å². The van der Waals surface area contributed by atoms with Crippen molar-refractivity contribution in [3.05, 3.63) is 24.3 Å². The van der Waals surface area contributed by atoms with E-state index in [2.05, 4.69) is 47.8 Å². The zero-order valence-corrected chi connectivity index (χ0v) is 20.6. The lowest BCUT2D eigenvalue weighted by molar-refractivity contribution is -0.128. The first-order valence-electron chi connectivity index (χ1n) is 11.5. The fraction of sp³-hybridized carbons (Fsp3) is 0.500. The minimum Gasteiger partial charge on any atom is -0.497 e. The van der Waals surface area contributed by atoms with Crippen LogP contribution in [0.25, 0.3) is 5.78 Å². The van der Waals surface area contributed by atoms with Crippen molar-refractivity contribution in [2.24, 2.45) is 0 Å². The predicted molar refractivity (Wildman–Crippen MR) is 134 cm³/mol. The molecule has 1 saturated heterocycles. The van der Waals surface area contributed by atoms with Gasteiger partial charge in [0.2, 0.25) is 17.8 Å². The highest BCUT2D eigenvalue weighted by molar-refractivity contribution is 7.99. The Morgan fingerprint density at radius 3 is 2.56 bits per heavy atom. The van der Waals surface area contributed by atoms with E-state index >= 15 is 0 Å². The SMILES string of the molecule is CCNc1nc(NCC)n2c(SCC(=O)N3CCCN(c4ccc(OC)cc4)CC3)nnc2n1. The monoisotopic (exact) mass is 485 g/mol. The molecule has 0 saturated carbocycles. The Hall–Kier alpha value is -3.28. The molecule has 182 valence electrons. The van der Waals surface area contributed by atoms with Crippen LogP contribution in [0.5, 0.6) is 5.75 Å². The zero-order chi connectivity index (χ0) is 23.9. The molecular formula is C22H31N9O2S. The van der Waals surface area contributed by atoms with Gasteiger partial charge >= 0.3 is 0 Å². The van der Waals surface area contributed by atoms with Gasteiger partial charge in [0.15, 0.2) is 5.16 Å². The maximum atomic E-state index is 13.0. The molecule has 34 heavy (non-hydrogen) atoms. The first kappa shape index (κ1) is 23.9. The van der Waals surface area contributed by atoms with Crippen LogP contribution in [0, 0.1) is 0 Å². The average molecular weight is 486 g/mol. The van der Waals surface area contributed by atoms with Crippen LogP contribution in [0.3, 0.4) is 0 Å². The molecule has 1 aliphatic heterocycles. The number of methoxy groups -OCH3 is 1. The van der Waals surface area contributed by atoms with Crippen LogP contribution in [0.2, 0.25) is 0 Å². The smallest absolute Gasteiger partial charge is 0.261 e. The normalized spacial score (nSPS) is 14.2. The van der Waals surface area contributed by atoms with Gasteiger partial charge in [-0.2, -0.15) is 9.97 Å². The van der Waals surface area contributed by atoms with E-state index in [-0.39, 0.29) is 11.7 Å². The van der Waals surface area contributed by atoms with Crippen molar-refractivity contribution in [2.45, 2.75) is 25.4 Å². The topological polar surface area (TPSA) is 113 Å². The molecule has 0 unspecified atom stereocenters. The molecule has 1 aliphatic rings. The maximum absolute atomic E-state index is 13.0. The summed E-state index contributed by atoms with van der Waals surface area (Å²) in [6, 6.07) is 8.06. The van der Waals surface area contributed by atoms with Gasteiger partial charge in [-0.05, 0) is 44.5 Å². The van der Waals surface area contributed by atoms with Crippen LogP contribution in [-0.2, 0) is 4.79 Å². The van der Waals surface area contributed by atoms with Crippen molar-refractivity contribution in [3.8, 4) is 5.75 Å². The number of nitrogens with zero attached hydrogens (tertiary/aromatic N) is 7. The van der Waals surface area contributed by atoms with E-state index in [1.165, 1.54) is 11.8 Å². The summed E-state index contributed by atoms with van der Waals surface area (Å²) >= 11 is 1.36. The van der Waals surface area contributed by atoms with Crippen molar-refractivity contribution < 1.29 is 9.53 Å². The summed E-state index contributed by atoms with van der Waals surface area (Å²) in [4.78, 5) is 26.2. The minimum atomic E-state index is 0.0912. The Labute approximate surface area is 203 Å². The quantitative estimate of drug-likeness (QED) is 0.438. The van der Waals surface area contributed by atoms with E-state index in [1.54, 1.807) is 11.5 Å². The lowest BCUT2D eigenvalue weighted by Gasteiger charge is -2.23. The molecule has 0 spiro atoms. The number of rotatable bonds is 9. The van der Waals surface area contributed by atoms with Crippen LogP contribution >= 0.6 is 11.8 Å². The molecule has 4 rings (SSSR count). The number of aromatic nitrogens is 5. The maximum Gasteiger partial charge on any atom is 0.261 e. The second-order valence-electron chi connectivity index (χ2n) is 7.76. The molecule has 3 aromatic rings. The number of anilines is 3. The number of nitrogens with one attached hydrogen (secondary N) is 2. The van der Waals surface area contributed by atoms with Gasteiger partial charge in [-0.3, -0.25) is 4.79 Å². The van der Waals surface area contributed by atoms with Gasteiger partial charge in [-0.25, -0.2) is 4.40 Å². The Balaban J connectivity index is 1.39. The number of ether oxygens (including phenoxy) is 1. The van der Waals surface area contributed by atoms with E-state index in [0.29, 0.717) is 42.5 Å². The lowest BCUT2D eigenvalue weighted by atomic mass is 10.2. The Morgan fingerprint density at radius 2 is 1.82 bits per heavy atom. The molecule has 12 heteroatoms. The standard InChI is InChI=1S/C22H31N9O2S/c1-4-23-19-25-20(24-5-2)31-21(26-19)27-28-22(31)34-15-18(32)30-12-6-11-29(13-14-30)16-7-9-17(33-3)10-8-16/h7-10H,4-6,11-15H2,1-3H3,(H2,23,24,25,26,27). The molecule has 0 atom stereocenters. The first-order chi connectivity index (χ1) is 16.6. The van der Waals surface area contributed by atoms with Crippen molar-refractivity contribution in [3.63, 3.8) is 0 Å². The van der Waals surface area contributed by atoms with E-state index in [4.69, 9.17) is 4.74 Å². The molecular weight excluding hydrogens is 454 g/mol. The van der Waals surface area contributed by atoms with Gasteiger partial charge in [0.05, 0.1) is 12.9 Å². The second kappa shape index (κ2) is 11.2. The molecule has 3 heterocycles. The van der Waals surface area contributed by atoms with Crippen LogP contribution < -0.4 is 20.3 Å². The number of amides is 1. The summed E-state index contributed by atoms with van der Waals surface area (Å²) in [6.45, 7) is 8.51. The van der Waals surface area contributed by atoms with Crippen molar-refractivity contribution >= 4 is 41.0 Å². The Bertz CT molecular complexity index is 1110. The third kappa shape index (κ3) is 5.44. The average Bonchev–Trinajstić information content (AvgIpc) is 3.10. The number of fused-ring (bicyclic) bond motifs is 1. The zero-order valence-electron chi connectivity index (χ0n) is 19.8. The number of carbonyl (C=O) groups excluding carboxylic acids is 1. The molecule has 0 radical (unpaired) electrons. The van der Waals surface area contributed by atoms with Gasteiger partial charge in [0.1, 0.15) is 5.75 Å². The van der Waals surface area contributed by atoms with Crippen LogP contribution in [-0.4, -0.2) is 87.5 Å². The number of benzene rings is 1. The number of carbonyl (C=O) groups is 1. The third-order valence-corrected chi connectivity index (χ3v) is 6.44. The highest BCUT2D eigenvalue weighted by Crippen LogP contribution is 2.23. The summed E-state index contributed by atoms with van der Waals surface area (Å²) in [5.74, 6) is 2.76. The molecule has 2 N–H and O–H groups in total. The van der Waals surface area contributed by atoms with Crippen molar-refractivity contribution in [2.75, 3.05) is 67.7 Å². The van der Waals surface area contributed by atoms with E-state index in [1.807, 2.05) is 30.9 Å². The highest BCUT2D eigenvalue weighted by atomic mass is 32.2. The molecule has 2 aromatic heterocycles. The molecule has 0 bridgehead atoms. The summed E-state index contributed by atoms with van der Waals surface area (Å²) in [7, 11) is 1.67. The van der Waals surface area contributed by atoms with Gasteiger partial charge in [0.25, 0.3) is 5.78 Å². The van der Waals surface area contributed by atoms with E-state index in [9.17, 15) is 4.79 Å². The van der Waals surface area contributed by atoms with Crippen molar-refractivity contribution in [1.29, 1.82) is 0 Å². The second-order valence-corrected chi connectivity index (χ2v) is 8.70. The Morgan fingerprint density at radius 1 is 1.03 bits per heavy atom. The van der Waals surface area contributed by atoms with Gasteiger partial charge in [-0.15, -0.1) is 10.2 Å². The first-order valence-corrected chi connectivity index (χ1v) is 12.5. The number of hydrogen-bond donors (Lipinski definition) is 2. The van der Waals surface area contributed by atoms with Crippen LogP contribution in [0.1, 0.15) is 20.3 Å². The highest BCUT2D eigenvalue weighted by Gasteiger charge is 2.21. The summed E-state index contributed by atoms with van der Waals surface area (Å²) < 4.78 is 7.01. The number of thioether (sulfide) groups is 1. The van der Waals surface area contributed by atoms with E-state index < -0.39 is 0 Å². The molecule has 1 amide bonds. The molecule has 0 aliphatic carbocycles. The summed E-state index contributed by atoms with van der Waals surface area (Å²) in [5, 5.41) is 15.4. The van der Waals surface area contributed by atoms with Crippen molar-refractivity contribution in [1.82, 2.24) is 29.5 Å². The van der Waals surface area contributed by atoms with Gasteiger partial charge in [0, 0.05) is 45.0 Å². The largest absolute Gasteiger partial charge is 0.497 e. The number of hydrogen-bond acceptors (Lipinski definition) is 10. The van der Waals surface area contributed by atoms with E-state index in [0.717, 1.165) is 37.5 Å². The third-order valence-electron chi connectivity index (χ3n) is 5.53. The summed E-state index contributed by atoms with van der Waals surface area (Å²) in [5.41, 5.74) is 1.15. The fourth-order valence-electron chi connectivity index (χ4n) is 3.83. The summed E-state index contributed by atoms with van der Waals surface area (Å²) in [6.07, 6.45) is 0.919. The Kier molecular flexibility index (Phi) is 7.88. The van der Waals surface area contributed by atoms with Gasteiger partial charge < -0.3 is 25.2 Å². The van der Waals surface area contributed by atoms with Gasteiger partial charge in [-0.1, -0.05) is 11.8 Å². The molecule has 1 fully saturated rings. The fourth-order valence-corrected chi connectivity index (χ4v) is 4.66. The minimum absolute atomic E-state index is 0.0912. The lowest BCUT2D eigenvalue weighted by Crippen LogP contribution is -2.36. The molecule has 11 nitrogen and oxygen atoms in total.